The van der Waals surface area contributed by atoms with E-state index in [1.54, 1.807) is 6.92 Å². The third-order valence-electron chi connectivity index (χ3n) is 5.19. The van der Waals surface area contributed by atoms with Crippen LogP contribution >= 0.6 is 34.8 Å². The summed E-state index contributed by atoms with van der Waals surface area (Å²) in [7, 11) is 1.21. The molecule has 30 heavy (non-hydrogen) atoms. The summed E-state index contributed by atoms with van der Waals surface area (Å²) in [5.74, 6) is -4.39. The number of carbonyl (C=O) groups is 2. The average molecular weight is 478 g/mol. The molecule has 5 nitrogen and oxygen atoms in total. The third-order valence-corrected chi connectivity index (χ3v) is 6.51. The minimum Gasteiger partial charge on any atom is -0.493 e. The quantitative estimate of drug-likeness (QED) is 0.616. The first-order valence-electron chi connectivity index (χ1n) is 8.82. The van der Waals surface area contributed by atoms with Crippen LogP contribution < -0.4 is 15.8 Å². The molecular formula is C20H17Cl3F2N2O3. The normalized spacial score (nSPS) is 21.8. The van der Waals surface area contributed by atoms with Gasteiger partial charge >= 0.3 is 0 Å². The van der Waals surface area contributed by atoms with E-state index in [-0.39, 0.29) is 28.4 Å². The number of halogens is 5. The molecule has 3 N–H and O–H groups in total. The Hall–Kier alpha value is -2.09. The van der Waals surface area contributed by atoms with Crippen LogP contribution in [0.1, 0.15) is 34.3 Å². The lowest BCUT2D eigenvalue weighted by molar-refractivity contribution is -0.120. The molecule has 0 radical (unpaired) electrons. The van der Waals surface area contributed by atoms with Crippen LogP contribution in [0.3, 0.4) is 0 Å². The number of methoxy groups -OCH3 is 1. The number of alkyl halides is 2. The van der Waals surface area contributed by atoms with Gasteiger partial charge in [-0.15, -0.1) is 0 Å². The monoisotopic (exact) mass is 476 g/mol. The molecule has 1 fully saturated rings. The molecule has 0 aromatic heterocycles. The van der Waals surface area contributed by atoms with Crippen LogP contribution in [0.4, 0.5) is 8.78 Å². The molecule has 10 heteroatoms. The first kappa shape index (κ1) is 22.6. The van der Waals surface area contributed by atoms with Crippen molar-refractivity contribution in [3.8, 4) is 5.75 Å². The van der Waals surface area contributed by atoms with Gasteiger partial charge in [-0.2, -0.15) is 0 Å². The molecule has 0 bridgehead atoms. The molecule has 1 saturated carbocycles. The molecular weight excluding hydrogens is 461 g/mol. The Morgan fingerprint density at radius 2 is 1.87 bits per heavy atom. The molecule has 160 valence electrons. The number of rotatable bonds is 6. The number of benzene rings is 2. The van der Waals surface area contributed by atoms with E-state index in [1.165, 1.54) is 25.3 Å². The van der Waals surface area contributed by atoms with E-state index in [0.29, 0.717) is 5.56 Å². The van der Waals surface area contributed by atoms with Gasteiger partial charge in [-0.3, -0.25) is 9.59 Å². The Morgan fingerprint density at radius 1 is 1.20 bits per heavy atom. The van der Waals surface area contributed by atoms with E-state index in [4.69, 9.17) is 45.3 Å². The molecule has 1 aliphatic carbocycles. The molecule has 0 saturated heterocycles. The summed E-state index contributed by atoms with van der Waals surface area (Å²) in [5, 5.41) is 2.34. The Kier molecular flexibility index (Phi) is 5.93. The topological polar surface area (TPSA) is 81.4 Å². The zero-order valence-corrected chi connectivity index (χ0v) is 18.1. The summed E-state index contributed by atoms with van der Waals surface area (Å²) in [5.41, 5.74) is 4.06. The largest absolute Gasteiger partial charge is 0.493 e. The van der Waals surface area contributed by atoms with E-state index >= 15 is 0 Å². The van der Waals surface area contributed by atoms with Crippen molar-refractivity contribution in [2.45, 2.75) is 22.6 Å². The van der Waals surface area contributed by atoms with E-state index in [1.807, 2.05) is 0 Å². The Balaban J connectivity index is 2.23. The summed E-state index contributed by atoms with van der Waals surface area (Å²) in [4.78, 5) is 25.0. The summed E-state index contributed by atoms with van der Waals surface area (Å²) in [6.07, 6.45) is 0. The van der Waals surface area contributed by atoms with Crippen LogP contribution in [-0.2, 0) is 10.2 Å². The highest BCUT2D eigenvalue weighted by atomic mass is 35.5. The molecule has 2 aromatic rings. The molecule has 2 unspecified atom stereocenters. The van der Waals surface area contributed by atoms with Crippen molar-refractivity contribution in [3.63, 3.8) is 0 Å². The maximum absolute atomic E-state index is 14.8. The van der Waals surface area contributed by atoms with Crippen LogP contribution in [0, 0.1) is 11.6 Å². The summed E-state index contributed by atoms with van der Waals surface area (Å²) < 4.78 is 31.6. The van der Waals surface area contributed by atoms with Gasteiger partial charge in [0.25, 0.3) is 5.91 Å². The highest BCUT2D eigenvalue weighted by molar-refractivity contribution is 6.55. The number of nitrogens with one attached hydrogen (secondary N) is 1. The van der Waals surface area contributed by atoms with Gasteiger partial charge in [-0.1, -0.05) is 40.9 Å². The maximum Gasteiger partial charge on any atom is 0.255 e. The molecule has 1 aliphatic rings. The molecule has 2 aromatic carbocycles. The van der Waals surface area contributed by atoms with Gasteiger partial charge in [0.2, 0.25) is 5.91 Å². The number of nitrogens with two attached hydrogens (primary N) is 1. The SMILES string of the molecule is CCNC(=O)c1cc(C2(C(N)=O)C(c3ccc(F)c(Cl)c3)C2(Cl)Cl)cc(F)c1OC. The van der Waals surface area contributed by atoms with Crippen molar-refractivity contribution in [2.75, 3.05) is 13.7 Å². The number of hydrogen-bond acceptors (Lipinski definition) is 3. The lowest BCUT2D eigenvalue weighted by Gasteiger charge is -2.19. The molecule has 2 amide bonds. The van der Waals surface area contributed by atoms with Crippen LogP contribution in [0.2, 0.25) is 5.02 Å². The second-order valence-corrected chi connectivity index (χ2v) is 8.59. The number of carbonyl (C=O) groups excluding carboxylic acids is 2. The van der Waals surface area contributed by atoms with Crippen LogP contribution in [0.5, 0.6) is 5.75 Å². The van der Waals surface area contributed by atoms with Crippen molar-refractivity contribution in [1.82, 2.24) is 5.32 Å². The molecule has 0 spiro atoms. The fourth-order valence-electron chi connectivity index (χ4n) is 3.82. The molecule has 2 atom stereocenters. The van der Waals surface area contributed by atoms with Gasteiger partial charge in [-0.05, 0) is 42.3 Å². The highest BCUT2D eigenvalue weighted by Crippen LogP contribution is 2.74. The van der Waals surface area contributed by atoms with Gasteiger partial charge in [-0.25, -0.2) is 8.78 Å². The Bertz CT molecular complexity index is 1050. The lowest BCUT2D eigenvalue weighted by atomic mass is 9.88. The zero-order chi connectivity index (χ0) is 22.4. The van der Waals surface area contributed by atoms with Gasteiger partial charge in [0.05, 0.1) is 17.7 Å². The van der Waals surface area contributed by atoms with Gasteiger partial charge in [0, 0.05) is 12.5 Å². The second-order valence-electron chi connectivity index (χ2n) is 6.80. The van der Waals surface area contributed by atoms with Crippen molar-refractivity contribution in [2.24, 2.45) is 5.73 Å². The van der Waals surface area contributed by atoms with Crippen molar-refractivity contribution in [3.05, 3.63) is 63.7 Å². The van der Waals surface area contributed by atoms with Gasteiger partial charge in [0.1, 0.15) is 15.6 Å². The number of hydrogen-bond donors (Lipinski definition) is 2. The van der Waals surface area contributed by atoms with E-state index in [2.05, 4.69) is 5.32 Å². The highest BCUT2D eigenvalue weighted by Gasteiger charge is 2.81. The Labute approximate surface area is 186 Å². The van der Waals surface area contributed by atoms with E-state index in [0.717, 1.165) is 12.1 Å². The summed E-state index contributed by atoms with van der Waals surface area (Å²) in [6.45, 7) is 1.97. The smallest absolute Gasteiger partial charge is 0.255 e. The van der Waals surface area contributed by atoms with Crippen molar-refractivity contribution >= 4 is 46.6 Å². The van der Waals surface area contributed by atoms with Gasteiger partial charge in [0.15, 0.2) is 11.6 Å². The Morgan fingerprint density at radius 3 is 2.40 bits per heavy atom. The number of amides is 2. The lowest BCUT2D eigenvalue weighted by Crippen LogP contribution is -2.34. The van der Waals surface area contributed by atoms with Crippen LogP contribution in [0.15, 0.2) is 30.3 Å². The third kappa shape index (κ3) is 3.20. The molecule has 0 aliphatic heterocycles. The van der Waals surface area contributed by atoms with E-state index < -0.39 is 39.1 Å². The standard InChI is InChI=1S/C20H17Cl3F2N2O3/c1-3-27-17(28)11-7-10(8-14(25)15(11)30-2)19(18(26)29)16(20(19,22)23)9-4-5-13(24)12(21)6-9/h4-8,16H,3H2,1-2H3,(H2,26,29)(H,27,28). The molecule has 0 heterocycles. The van der Waals surface area contributed by atoms with Gasteiger partial charge < -0.3 is 15.8 Å². The maximum atomic E-state index is 14.8. The first-order valence-corrected chi connectivity index (χ1v) is 9.96. The first-order chi connectivity index (χ1) is 14.0. The zero-order valence-electron chi connectivity index (χ0n) is 15.9. The molecule has 3 rings (SSSR count). The minimum absolute atomic E-state index is 0.00926. The van der Waals surface area contributed by atoms with Crippen LogP contribution in [0.25, 0.3) is 0 Å². The summed E-state index contributed by atoms with van der Waals surface area (Å²) in [6, 6.07) is 6.00. The average Bonchev–Trinajstić information content (AvgIpc) is 3.21. The van der Waals surface area contributed by atoms with Crippen LogP contribution in [-0.4, -0.2) is 29.8 Å². The second kappa shape index (κ2) is 7.87. The number of primary amides is 1. The minimum atomic E-state index is -1.79. The summed E-state index contributed by atoms with van der Waals surface area (Å²) >= 11 is 18.8. The van der Waals surface area contributed by atoms with Crippen molar-refractivity contribution < 1.29 is 23.1 Å². The number of ether oxygens (including phenoxy) is 1. The predicted molar refractivity (Wildman–Crippen MR) is 110 cm³/mol. The fourth-order valence-corrected chi connectivity index (χ4v) is 5.10. The van der Waals surface area contributed by atoms with Crippen molar-refractivity contribution in [1.29, 1.82) is 0 Å². The van der Waals surface area contributed by atoms with E-state index in [9.17, 15) is 18.4 Å². The fraction of sp³-hybridized carbons (Fsp3) is 0.300. The predicted octanol–water partition coefficient (Wildman–Crippen LogP) is 4.07.